The molecule has 23 heavy (non-hydrogen) atoms. The summed E-state index contributed by atoms with van der Waals surface area (Å²) in [5.74, 6) is 1.72. The lowest BCUT2D eigenvalue weighted by atomic mass is 10.2. The van der Waals surface area contributed by atoms with E-state index < -0.39 is 0 Å². The highest BCUT2D eigenvalue weighted by atomic mass is 32.1. The van der Waals surface area contributed by atoms with Gasteiger partial charge in [-0.3, -0.25) is 4.99 Å². The van der Waals surface area contributed by atoms with Gasteiger partial charge in [-0.1, -0.05) is 17.7 Å². The lowest BCUT2D eigenvalue weighted by Crippen LogP contribution is -2.40. The van der Waals surface area contributed by atoms with Crippen LogP contribution in [0.5, 0.6) is 5.75 Å². The Balaban J connectivity index is 1.75. The number of aliphatic imine (C=N–C) groups is 1. The minimum absolute atomic E-state index is 0.589. The Labute approximate surface area is 142 Å². The number of hydrogen-bond donors (Lipinski definition) is 1. The molecule has 0 fully saturated rings. The lowest BCUT2D eigenvalue weighted by Gasteiger charge is -2.21. The maximum Gasteiger partial charge on any atom is 0.193 e. The van der Waals surface area contributed by atoms with Crippen LogP contribution in [-0.2, 0) is 6.54 Å². The summed E-state index contributed by atoms with van der Waals surface area (Å²) in [6.45, 7) is 6.11. The molecule has 6 heteroatoms. The van der Waals surface area contributed by atoms with E-state index in [2.05, 4.69) is 32.5 Å². The number of guanidine groups is 1. The van der Waals surface area contributed by atoms with Crippen molar-refractivity contribution >= 4 is 17.3 Å². The largest absolute Gasteiger partial charge is 0.492 e. The number of rotatable bonds is 6. The van der Waals surface area contributed by atoms with Gasteiger partial charge in [0, 0.05) is 19.5 Å². The average Bonchev–Trinajstić information content (AvgIpc) is 2.94. The first kappa shape index (κ1) is 17.3. The molecule has 2 rings (SSSR count). The molecule has 5 nitrogen and oxygen atoms in total. The van der Waals surface area contributed by atoms with E-state index in [-0.39, 0.29) is 0 Å². The van der Waals surface area contributed by atoms with Crippen LogP contribution in [0.25, 0.3) is 0 Å². The van der Waals surface area contributed by atoms with Crippen molar-refractivity contribution in [3.05, 3.63) is 45.9 Å². The highest BCUT2D eigenvalue weighted by Gasteiger charge is 2.08. The molecule has 0 amide bonds. The third kappa shape index (κ3) is 5.56. The van der Waals surface area contributed by atoms with Gasteiger partial charge in [-0.05, 0) is 26.0 Å². The van der Waals surface area contributed by atoms with Crippen LogP contribution in [0.15, 0.2) is 34.6 Å². The normalized spacial score (nSPS) is 11.4. The maximum absolute atomic E-state index is 5.71. The molecule has 0 spiro atoms. The van der Waals surface area contributed by atoms with Gasteiger partial charge in [0.1, 0.15) is 12.4 Å². The van der Waals surface area contributed by atoms with Gasteiger partial charge in [0.25, 0.3) is 0 Å². The number of thiazole rings is 1. The van der Waals surface area contributed by atoms with Crippen LogP contribution in [0.2, 0.25) is 0 Å². The van der Waals surface area contributed by atoms with Crippen LogP contribution >= 0.6 is 11.3 Å². The fourth-order valence-corrected chi connectivity index (χ4v) is 2.75. The number of nitrogens with one attached hydrogen (secondary N) is 1. The molecule has 0 bridgehead atoms. The molecule has 0 aliphatic carbocycles. The van der Waals surface area contributed by atoms with E-state index in [0.717, 1.165) is 29.0 Å². The number of nitrogens with zero attached hydrogens (tertiary/aromatic N) is 3. The fourth-order valence-electron chi connectivity index (χ4n) is 2.15. The molecule has 124 valence electrons. The van der Waals surface area contributed by atoms with Crippen LogP contribution in [0.3, 0.4) is 0 Å². The van der Waals surface area contributed by atoms with Gasteiger partial charge >= 0.3 is 0 Å². The van der Waals surface area contributed by atoms with Crippen LogP contribution in [0.1, 0.15) is 16.3 Å². The number of aryl methyl sites for hydroxylation is 2. The predicted molar refractivity (Wildman–Crippen MR) is 96.4 cm³/mol. The van der Waals surface area contributed by atoms with E-state index in [1.165, 1.54) is 5.56 Å². The molecule has 2 aromatic rings. The number of benzene rings is 1. The first-order chi connectivity index (χ1) is 11.1. The standard InChI is InChI=1S/C17H24N4OS/c1-13-5-7-16(8-6-13)22-10-9-19-17(18-3)21(4)11-15-12-23-14(2)20-15/h5-8,12H,9-11H2,1-4H3,(H,18,19). The Kier molecular flexibility index (Phi) is 6.40. The number of ether oxygens (including phenoxy) is 1. The zero-order valence-electron chi connectivity index (χ0n) is 14.2. The molecule has 0 aliphatic heterocycles. The third-order valence-electron chi connectivity index (χ3n) is 3.31. The molecule has 1 heterocycles. The summed E-state index contributed by atoms with van der Waals surface area (Å²) >= 11 is 1.67. The lowest BCUT2D eigenvalue weighted by molar-refractivity contribution is 0.319. The van der Waals surface area contributed by atoms with E-state index in [1.54, 1.807) is 18.4 Å². The zero-order valence-corrected chi connectivity index (χ0v) is 15.0. The SMILES string of the molecule is CN=C(NCCOc1ccc(C)cc1)N(C)Cc1csc(C)n1. The van der Waals surface area contributed by atoms with Crippen molar-refractivity contribution in [1.29, 1.82) is 0 Å². The van der Waals surface area contributed by atoms with Gasteiger partial charge < -0.3 is 15.0 Å². The Bertz CT molecular complexity index is 636. The Hall–Kier alpha value is -2.08. The smallest absolute Gasteiger partial charge is 0.193 e. The summed E-state index contributed by atoms with van der Waals surface area (Å²) in [6.07, 6.45) is 0. The minimum atomic E-state index is 0.589. The minimum Gasteiger partial charge on any atom is -0.492 e. The van der Waals surface area contributed by atoms with Gasteiger partial charge in [-0.15, -0.1) is 11.3 Å². The van der Waals surface area contributed by atoms with Gasteiger partial charge in [-0.25, -0.2) is 4.98 Å². The molecule has 0 radical (unpaired) electrons. The molecule has 1 N–H and O–H groups in total. The van der Waals surface area contributed by atoms with Crippen molar-refractivity contribution in [2.75, 3.05) is 27.2 Å². The topological polar surface area (TPSA) is 49.8 Å². The van der Waals surface area contributed by atoms with Crippen LogP contribution in [-0.4, -0.2) is 43.1 Å². The van der Waals surface area contributed by atoms with Crippen molar-refractivity contribution in [2.24, 2.45) is 4.99 Å². The molecule has 0 saturated carbocycles. The van der Waals surface area contributed by atoms with Crippen molar-refractivity contribution in [3.8, 4) is 5.75 Å². The quantitative estimate of drug-likeness (QED) is 0.502. The summed E-state index contributed by atoms with van der Waals surface area (Å²) in [5.41, 5.74) is 2.30. The van der Waals surface area contributed by atoms with E-state index in [1.807, 2.05) is 38.2 Å². The first-order valence-corrected chi connectivity index (χ1v) is 8.48. The van der Waals surface area contributed by atoms with E-state index in [0.29, 0.717) is 13.2 Å². The van der Waals surface area contributed by atoms with Crippen molar-refractivity contribution in [2.45, 2.75) is 20.4 Å². The molecule has 1 aromatic heterocycles. The average molecular weight is 332 g/mol. The van der Waals surface area contributed by atoms with Crippen molar-refractivity contribution in [3.63, 3.8) is 0 Å². The van der Waals surface area contributed by atoms with Crippen molar-refractivity contribution < 1.29 is 4.74 Å². The molecule has 0 saturated heterocycles. The Morgan fingerprint density at radius 3 is 2.65 bits per heavy atom. The molecule has 1 aromatic carbocycles. The first-order valence-electron chi connectivity index (χ1n) is 7.60. The molecule has 0 atom stereocenters. The van der Waals surface area contributed by atoms with Crippen molar-refractivity contribution in [1.82, 2.24) is 15.2 Å². The van der Waals surface area contributed by atoms with Crippen LogP contribution < -0.4 is 10.1 Å². The Morgan fingerprint density at radius 2 is 2.04 bits per heavy atom. The van der Waals surface area contributed by atoms with Crippen LogP contribution in [0, 0.1) is 13.8 Å². The molecule has 0 aliphatic rings. The second kappa shape index (κ2) is 8.53. The molecular formula is C17H24N4OS. The number of aromatic nitrogens is 1. The molecule has 0 unspecified atom stereocenters. The Morgan fingerprint density at radius 1 is 1.30 bits per heavy atom. The summed E-state index contributed by atoms with van der Waals surface area (Å²) in [5, 5.41) is 6.47. The van der Waals surface area contributed by atoms with E-state index >= 15 is 0 Å². The van der Waals surface area contributed by atoms with Crippen LogP contribution in [0.4, 0.5) is 0 Å². The third-order valence-corrected chi connectivity index (χ3v) is 4.14. The second-order valence-electron chi connectivity index (χ2n) is 5.35. The summed E-state index contributed by atoms with van der Waals surface area (Å²) in [6, 6.07) is 8.07. The zero-order chi connectivity index (χ0) is 16.7. The van der Waals surface area contributed by atoms with E-state index in [4.69, 9.17) is 4.74 Å². The molecular weight excluding hydrogens is 308 g/mol. The van der Waals surface area contributed by atoms with Gasteiger partial charge in [0.2, 0.25) is 0 Å². The predicted octanol–water partition coefficient (Wildman–Crippen LogP) is 2.85. The second-order valence-corrected chi connectivity index (χ2v) is 6.41. The fraction of sp³-hybridized carbons (Fsp3) is 0.412. The monoisotopic (exact) mass is 332 g/mol. The number of hydrogen-bond acceptors (Lipinski definition) is 4. The summed E-state index contributed by atoms with van der Waals surface area (Å²) < 4.78 is 5.71. The highest BCUT2D eigenvalue weighted by molar-refractivity contribution is 7.09. The van der Waals surface area contributed by atoms with Gasteiger partial charge in [0.15, 0.2) is 5.96 Å². The van der Waals surface area contributed by atoms with Gasteiger partial charge in [0.05, 0.1) is 23.8 Å². The van der Waals surface area contributed by atoms with Gasteiger partial charge in [-0.2, -0.15) is 0 Å². The highest BCUT2D eigenvalue weighted by Crippen LogP contribution is 2.11. The van der Waals surface area contributed by atoms with E-state index in [9.17, 15) is 0 Å². The summed E-state index contributed by atoms with van der Waals surface area (Å²) in [4.78, 5) is 10.8. The maximum atomic E-state index is 5.71. The summed E-state index contributed by atoms with van der Waals surface area (Å²) in [7, 11) is 3.79.